The van der Waals surface area contributed by atoms with E-state index in [0.717, 1.165) is 10.9 Å². The number of imidazole rings is 1. The Bertz CT molecular complexity index is 1930. The number of aromatic nitrogens is 7. The number of H-pyrrole nitrogens is 1. The lowest BCUT2D eigenvalue weighted by Crippen LogP contribution is -2.26. The van der Waals surface area contributed by atoms with Crippen molar-refractivity contribution in [3.63, 3.8) is 0 Å². The smallest absolute Gasteiger partial charge is 0.317 e. The Morgan fingerprint density at radius 1 is 1.05 bits per heavy atom. The minimum absolute atomic E-state index is 0.0205. The molecule has 0 spiro atoms. The zero-order chi connectivity index (χ0) is 28.8. The van der Waals surface area contributed by atoms with E-state index in [0.29, 0.717) is 34.0 Å². The molecule has 1 aliphatic carbocycles. The zero-order valence-electron chi connectivity index (χ0n) is 20.9. The molecule has 1 fully saturated rings. The van der Waals surface area contributed by atoms with Crippen molar-refractivity contribution < 1.29 is 22.0 Å². The van der Waals surface area contributed by atoms with Crippen LogP contribution in [0.15, 0.2) is 53.5 Å². The summed E-state index contributed by atoms with van der Waals surface area (Å²) in [6.45, 7) is 1.61. The highest BCUT2D eigenvalue weighted by Gasteiger charge is 2.54. The van der Waals surface area contributed by atoms with E-state index in [9.17, 15) is 26.7 Å². The molecule has 1 aliphatic heterocycles. The molecule has 3 atom stereocenters. The highest BCUT2D eigenvalue weighted by molar-refractivity contribution is 6.31. The molecule has 1 aromatic carbocycles. The number of fused-ring (bicyclic) bond motifs is 3. The number of benzene rings is 1. The summed E-state index contributed by atoms with van der Waals surface area (Å²) < 4.78 is 71.4. The first-order valence-corrected chi connectivity index (χ1v) is 12.8. The number of alkyl halides is 3. The van der Waals surface area contributed by atoms with Crippen LogP contribution in [0.4, 0.5) is 22.0 Å². The van der Waals surface area contributed by atoms with E-state index in [1.807, 2.05) is 0 Å². The van der Waals surface area contributed by atoms with E-state index in [4.69, 9.17) is 11.6 Å². The number of pyridine rings is 2. The Balaban J connectivity index is 1.31. The third-order valence-electron chi connectivity index (χ3n) is 7.50. The van der Waals surface area contributed by atoms with E-state index in [2.05, 4.69) is 25.3 Å². The molecule has 5 aromatic rings. The van der Waals surface area contributed by atoms with Crippen LogP contribution in [0, 0.1) is 24.7 Å². The maximum absolute atomic E-state index is 15.0. The summed E-state index contributed by atoms with van der Waals surface area (Å²) in [5, 5.41) is 7.15. The molecule has 14 heteroatoms. The summed E-state index contributed by atoms with van der Waals surface area (Å²) in [7, 11) is 0. The van der Waals surface area contributed by atoms with Crippen molar-refractivity contribution in [2.45, 2.75) is 31.5 Å². The normalized spacial score (nSPS) is 19.3. The maximum atomic E-state index is 15.0. The van der Waals surface area contributed by atoms with E-state index in [-0.39, 0.29) is 34.6 Å². The van der Waals surface area contributed by atoms with Gasteiger partial charge in [0.05, 0.1) is 23.5 Å². The average Bonchev–Trinajstić information content (AvgIpc) is 3.21. The molecule has 2 aliphatic rings. The van der Waals surface area contributed by atoms with Crippen molar-refractivity contribution in [1.82, 2.24) is 34.5 Å². The molecule has 3 unspecified atom stereocenters. The summed E-state index contributed by atoms with van der Waals surface area (Å²) >= 11 is 6.23. The van der Waals surface area contributed by atoms with Gasteiger partial charge in [0.15, 0.2) is 5.69 Å². The fourth-order valence-corrected chi connectivity index (χ4v) is 5.77. The van der Waals surface area contributed by atoms with Gasteiger partial charge in [0.25, 0.3) is 5.56 Å². The Kier molecular flexibility index (Phi) is 5.49. The lowest BCUT2D eigenvalue weighted by molar-refractivity contribution is -0.141. The number of aryl methyl sites for hydroxylation is 1. The van der Waals surface area contributed by atoms with Crippen LogP contribution < -0.4 is 5.56 Å². The summed E-state index contributed by atoms with van der Waals surface area (Å²) in [5.74, 6) is -1.57. The predicted octanol–water partition coefficient (Wildman–Crippen LogP) is 5.85. The van der Waals surface area contributed by atoms with Gasteiger partial charge in [0.2, 0.25) is 11.9 Å². The molecule has 8 nitrogen and oxygen atoms in total. The number of nitrogens with one attached hydrogen (secondary N) is 1. The topological polar surface area (TPSA) is 94.3 Å². The fourth-order valence-electron chi connectivity index (χ4n) is 5.60. The molecule has 1 saturated carbocycles. The van der Waals surface area contributed by atoms with Gasteiger partial charge in [-0.1, -0.05) is 16.8 Å². The molecule has 0 amide bonds. The summed E-state index contributed by atoms with van der Waals surface area (Å²) in [6, 6.07) is 9.97. The minimum Gasteiger partial charge on any atom is -0.317 e. The SMILES string of the molecule is Cc1ccc(-c2nc(C3C4CC4c4cc(-c5cc(Cl)ccc5-n5cc(C(F)(F)F)nn5)cc(=O)n43)[nH]c2F)c(F)n1. The van der Waals surface area contributed by atoms with Crippen molar-refractivity contribution in [2.75, 3.05) is 0 Å². The first-order valence-electron chi connectivity index (χ1n) is 12.4. The van der Waals surface area contributed by atoms with Gasteiger partial charge in [-0.25, -0.2) is 14.6 Å². The molecule has 0 saturated heterocycles. The standard InChI is InChI=1S/C27H17ClF5N7O/c1-11-2-4-14(24(29)34-11)22-25(30)36-26(35-22)23-17-9-16(17)19-6-12(7-21(41)40(19)23)15-8-13(28)3-5-18(15)39-10-20(37-38-39)27(31,32)33/h2-8,10,16-17,23H,9H2,1H3,(H,35,36). The largest absolute Gasteiger partial charge is 0.436 e. The molecule has 41 heavy (non-hydrogen) atoms. The summed E-state index contributed by atoms with van der Waals surface area (Å²) in [5.41, 5.74) is 0.245. The second-order valence-corrected chi connectivity index (χ2v) is 10.5. The second-order valence-electron chi connectivity index (χ2n) is 10.1. The Labute approximate surface area is 232 Å². The average molecular weight is 586 g/mol. The highest BCUT2D eigenvalue weighted by atomic mass is 35.5. The van der Waals surface area contributed by atoms with Crippen LogP contribution in [0.2, 0.25) is 5.02 Å². The maximum Gasteiger partial charge on any atom is 0.436 e. The van der Waals surface area contributed by atoms with Crippen molar-refractivity contribution >= 4 is 11.6 Å². The van der Waals surface area contributed by atoms with Crippen LogP contribution in [0.25, 0.3) is 28.1 Å². The second kappa shape index (κ2) is 8.80. The van der Waals surface area contributed by atoms with Crippen LogP contribution >= 0.6 is 11.6 Å². The number of rotatable bonds is 4. The van der Waals surface area contributed by atoms with E-state index >= 15 is 0 Å². The van der Waals surface area contributed by atoms with E-state index in [1.54, 1.807) is 19.1 Å². The van der Waals surface area contributed by atoms with Crippen LogP contribution in [-0.4, -0.2) is 34.5 Å². The molecule has 0 radical (unpaired) electrons. The van der Waals surface area contributed by atoms with E-state index < -0.39 is 35.4 Å². The monoisotopic (exact) mass is 585 g/mol. The summed E-state index contributed by atoms with van der Waals surface area (Å²) in [4.78, 5) is 24.2. The Morgan fingerprint density at radius 3 is 2.59 bits per heavy atom. The highest BCUT2D eigenvalue weighted by Crippen LogP contribution is 2.60. The Morgan fingerprint density at radius 2 is 1.85 bits per heavy atom. The van der Waals surface area contributed by atoms with Crippen LogP contribution in [0.1, 0.15) is 41.3 Å². The summed E-state index contributed by atoms with van der Waals surface area (Å²) in [6.07, 6.45) is -3.21. The molecule has 208 valence electrons. The fraction of sp³-hybridized carbons (Fsp3) is 0.222. The van der Waals surface area contributed by atoms with Crippen molar-refractivity contribution in [3.05, 3.63) is 98.8 Å². The van der Waals surface area contributed by atoms with Gasteiger partial charge in [0, 0.05) is 34.0 Å². The molecule has 7 rings (SSSR count). The van der Waals surface area contributed by atoms with Gasteiger partial charge in [-0.15, -0.1) is 5.10 Å². The van der Waals surface area contributed by atoms with Crippen molar-refractivity contribution in [2.24, 2.45) is 5.92 Å². The third-order valence-corrected chi connectivity index (χ3v) is 7.74. The zero-order valence-corrected chi connectivity index (χ0v) is 21.7. The molecule has 4 aromatic heterocycles. The quantitative estimate of drug-likeness (QED) is 0.211. The first kappa shape index (κ1) is 25.6. The molecule has 0 bridgehead atoms. The first-order chi connectivity index (χ1) is 19.5. The molecular formula is C27H17ClF5N7O. The van der Waals surface area contributed by atoms with Crippen LogP contribution in [0.3, 0.4) is 0 Å². The number of hydrogen-bond donors (Lipinski definition) is 1. The van der Waals surface area contributed by atoms with Gasteiger partial charge >= 0.3 is 6.18 Å². The van der Waals surface area contributed by atoms with Gasteiger partial charge < -0.3 is 9.55 Å². The number of halogens is 6. The van der Waals surface area contributed by atoms with Gasteiger partial charge in [-0.2, -0.15) is 22.0 Å². The van der Waals surface area contributed by atoms with Gasteiger partial charge in [-0.3, -0.25) is 4.79 Å². The predicted molar refractivity (Wildman–Crippen MR) is 137 cm³/mol. The third kappa shape index (κ3) is 4.14. The van der Waals surface area contributed by atoms with E-state index in [1.165, 1.54) is 34.9 Å². The molecule has 1 N–H and O–H groups in total. The van der Waals surface area contributed by atoms with Crippen LogP contribution in [0.5, 0.6) is 0 Å². The van der Waals surface area contributed by atoms with Gasteiger partial charge in [-0.05, 0) is 61.2 Å². The molecule has 5 heterocycles. The number of aromatic amines is 1. The minimum atomic E-state index is -4.68. The number of hydrogen-bond acceptors (Lipinski definition) is 5. The molecular weight excluding hydrogens is 569 g/mol. The number of nitrogens with zero attached hydrogens (tertiary/aromatic N) is 6. The lowest BCUT2D eigenvalue weighted by Gasteiger charge is -2.17. The van der Waals surface area contributed by atoms with Gasteiger partial charge in [0.1, 0.15) is 11.5 Å². The van der Waals surface area contributed by atoms with Crippen molar-refractivity contribution in [3.8, 4) is 28.1 Å². The van der Waals surface area contributed by atoms with Crippen LogP contribution in [-0.2, 0) is 6.18 Å². The Hall–Kier alpha value is -4.39. The van der Waals surface area contributed by atoms with Crippen molar-refractivity contribution in [1.29, 1.82) is 0 Å². The lowest BCUT2D eigenvalue weighted by atomic mass is 10.0.